The summed E-state index contributed by atoms with van der Waals surface area (Å²) in [6.45, 7) is 0.410. The number of Topliss-reactive ketones (excluding diaryl/α,β-unsaturated/α-hetero) is 1. The predicted molar refractivity (Wildman–Crippen MR) is 78.2 cm³/mol. The monoisotopic (exact) mass is 282 g/mol. The van der Waals surface area contributed by atoms with Crippen molar-refractivity contribution in [2.24, 2.45) is 11.8 Å². The highest BCUT2D eigenvalue weighted by Gasteiger charge is 2.57. The molecule has 2 aliphatic rings. The number of furan rings is 1. The molecule has 3 nitrogen and oxygen atoms in total. The van der Waals surface area contributed by atoms with E-state index in [1.54, 1.807) is 13.2 Å². The molecule has 0 aliphatic heterocycles. The fraction of sp³-hybridized carbons (Fsp3) is 0.389. The summed E-state index contributed by atoms with van der Waals surface area (Å²) < 4.78 is 10.6. The van der Waals surface area contributed by atoms with E-state index < -0.39 is 0 Å². The average Bonchev–Trinajstić information content (AvgIpc) is 3.08. The van der Waals surface area contributed by atoms with Gasteiger partial charge in [0.15, 0.2) is 5.76 Å². The lowest BCUT2D eigenvalue weighted by molar-refractivity contribution is 0.0923. The molecule has 3 unspecified atom stereocenters. The number of fused-ring (bicyclic) bond motifs is 3. The van der Waals surface area contributed by atoms with Gasteiger partial charge in [-0.05, 0) is 47.9 Å². The van der Waals surface area contributed by atoms with Gasteiger partial charge in [0.25, 0.3) is 0 Å². The van der Waals surface area contributed by atoms with E-state index in [0.29, 0.717) is 30.0 Å². The number of carbonyl (C=O) groups is 1. The number of carbonyl (C=O) groups excluding carboxylic acids is 1. The van der Waals surface area contributed by atoms with Crippen LogP contribution in [0.15, 0.2) is 40.8 Å². The molecule has 4 rings (SSSR count). The van der Waals surface area contributed by atoms with Crippen molar-refractivity contribution in [1.82, 2.24) is 0 Å². The van der Waals surface area contributed by atoms with Crippen molar-refractivity contribution in [3.8, 4) is 0 Å². The fourth-order valence-corrected chi connectivity index (χ4v) is 3.82. The number of ether oxygens (including phenoxy) is 1. The molecule has 1 aromatic carbocycles. The molecule has 3 heteroatoms. The van der Waals surface area contributed by atoms with Crippen molar-refractivity contribution in [2.75, 3.05) is 7.11 Å². The number of aryl methyl sites for hydroxylation is 1. The van der Waals surface area contributed by atoms with Crippen LogP contribution in [0.3, 0.4) is 0 Å². The normalized spacial score (nSPS) is 26.0. The van der Waals surface area contributed by atoms with Crippen molar-refractivity contribution in [3.05, 3.63) is 59.0 Å². The Kier molecular flexibility index (Phi) is 2.96. The van der Waals surface area contributed by atoms with Gasteiger partial charge in [-0.3, -0.25) is 4.79 Å². The van der Waals surface area contributed by atoms with Gasteiger partial charge >= 0.3 is 0 Å². The fourth-order valence-electron chi connectivity index (χ4n) is 3.82. The lowest BCUT2D eigenvalue weighted by Crippen LogP contribution is -2.02. The highest BCUT2D eigenvalue weighted by Crippen LogP contribution is 2.60. The van der Waals surface area contributed by atoms with Gasteiger partial charge in [0.1, 0.15) is 12.4 Å². The van der Waals surface area contributed by atoms with Crippen LogP contribution in [0.1, 0.15) is 39.8 Å². The van der Waals surface area contributed by atoms with Gasteiger partial charge in [0.2, 0.25) is 5.78 Å². The van der Waals surface area contributed by atoms with Crippen LogP contribution in [0.4, 0.5) is 0 Å². The first kappa shape index (κ1) is 12.8. The smallest absolute Gasteiger partial charge is 0.201 e. The van der Waals surface area contributed by atoms with Crippen LogP contribution < -0.4 is 0 Å². The summed E-state index contributed by atoms with van der Waals surface area (Å²) in [4.78, 5) is 12.7. The summed E-state index contributed by atoms with van der Waals surface area (Å²) in [6, 6.07) is 12.1. The van der Waals surface area contributed by atoms with E-state index in [9.17, 15) is 4.79 Å². The second-order valence-electron chi connectivity index (χ2n) is 6.02. The summed E-state index contributed by atoms with van der Waals surface area (Å²) in [5.74, 6) is 2.37. The van der Waals surface area contributed by atoms with Crippen LogP contribution in [0, 0.1) is 11.8 Å². The van der Waals surface area contributed by atoms with E-state index in [1.165, 1.54) is 11.1 Å². The maximum absolute atomic E-state index is 12.7. The van der Waals surface area contributed by atoms with E-state index >= 15 is 0 Å². The Morgan fingerprint density at radius 1 is 1.29 bits per heavy atom. The second kappa shape index (κ2) is 4.85. The largest absolute Gasteiger partial charge is 0.456 e. The highest BCUT2D eigenvalue weighted by atomic mass is 16.5. The minimum atomic E-state index is 0.107. The Morgan fingerprint density at radius 3 is 3.00 bits per heavy atom. The first-order valence-corrected chi connectivity index (χ1v) is 7.49. The third-order valence-electron chi connectivity index (χ3n) is 4.82. The third-order valence-corrected chi connectivity index (χ3v) is 4.82. The summed E-state index contributed by atoms with van der Waals surface area (Å²) in [6.07, 6.45) is 2.21. The van der Waals surface area contributed by atoms with Crippen LogP contribution in [-0.2, 0) is 17.8 Å². The van der Waals surface area contributed by atoms with Crippen LogP contribution in [0.2, 0.25) is 0 Å². The number of benzene rings is 1. The molecule has 1 heterocycles. The van der Waals surface area contributed by atoms with Crippen molar-refractivity contribution >= 4 is 5.78 Å². The Labute approximate surface area is 123 Å². The molecule has 0 spiro atoms. The lowest BCUT2D eigenvalue weighted by Gasteiger charge is -2.13. The van der Waals surface area contributed by atoms with E-state index in [2.05, 4.69) is 24.3 Å². The number of hydrogen-bond donors (Lipinski definition) is 0. The molecule has 0 bridgehead atoms. The molecular weight excluding hydrogens is 264 g/mol. The molecule has 108 valence electrons. The topological polar surface area (TPSA) is 39.4 Å². The molecule has 1 fully saturated rings. The van der Waals surface area contributed by atoms with Gasteiger partial charge in [-0.25, -0.2) is 0 Å². The standard InChI is InChI=1S/C18H18O3/c1-20-10-12-7-9-15(21-12)18(19)17-14-8-6-11-4-2-3-5-13(11)16(14)17/h2-5,7,9,14,16-17H,6,8,10H2,1H3. The average molecular weight is 282 g/mol. The maximum atomic E-state index is 12.7. The number of hydrogen-bond acceptors (Lipinski definition) is 3. The highest BCUT2D eigenvalue weighted by molar-refractivity contribution is 5.98. The van der Waals surface area contributed by atoms with Crippen LogP contribution in [-0.4, -0.2) is 12.9 Å². The zero-order valence-corrected chi connectivity index (χ0v) is 12.0. The minimum absolute atomic E-state index is 0.107. The number of ketones is 1. The molecule has 1 aromatic heterocycles. The van der Waals surface area contributed by atoms with Crippen LogP contribution >= 0.6 is 0 Å². The maximum Gasteiger partial charge on any atom is 0.201 e. The van der Waals surface area contributed by atoms with Crippen molar-refractivity contribution < 1.29 is 13.9 Å². The number of methoxy groups -OCH3 is 1. The molecule has 21 heavy (non-hydrogen) atoms. The molecule has 0 N–H and O–H groups in total. The summed E-state index contributed by atoms with van der Waals surface area (Å²) >= 11 is 0. The molecule has 0 amide bonds. The molecule has 2 aliphatic carbocycles. The quantitative estimate of drug-likeness (QED) is 0.805. The van der Waals surface area contributed by atoms with E-state index in [4.69, 9.17) is 9.15 Å². The first-order chi connectivity index (χ1) is 10.3. The Bertz CT molecular complexity index is 685. The Morgan fingerprint density at radius 2 is 2.14 bits per heavy atom. The number of rotatable bonds is 4. The van der Waals surface area contributed by atoms with Crippen molar-refractivity contribution in [3.63, 3.8) is 0 Å². The third kappa shape index (κ3) is 2.04. The first-order valence-electron chi connectivity index (χ1n) is 7.49. The Hall–Kier alpha value is -1.87. The summed E-state index contributed by atoms with van der Waals surface area (Å²) in [7, 11) is 1.62. The molecule has 3 atom stereocenters. The van der Waals surface area contributed by atoms with Crippen molar-refractivity contribution in [1.29, 1.82) is 0 Å². The molecular formula is C18H18O3. The van der Waals surface area contributed by atoms with Crippen molar-refractivity contribution in [2.45, 2.75) is 25.4 Å². The lowest BCUT2D eigenvalue weighted by atomic mass is 9.92. The second-order valence-corrected chi connectivity index (χ2v) is 6.02. The molecule has 0 radical (unpaired) electrons. The molecule has 1 saturated carbocycles. The van der Waals surface area contributed by atoms with Crippen LogP contribution in [0.5, 0.6) is 0 Å². The summed E-state index contributed by atoms with van der Waals surface area (Å²) in [5.41, 5.74) is 2.78. The van der Waals surface area contributed by atoms with Gasteiger partial charge in [-0.1, -0.05) is 24.3 Å². The SMILES string of the molecule is COCc1ccc(C(=O)C2C3CCc4ccccc4C32)o1. The molecule has 2 aromatic rings. The van der Waals surface area contributed by atoms with Crippen LogP contribution in [0.25, 0.3) is 0 Å². The zero-order valence-electron chi connectivity index (χ0n) is 12.0. The van der Waals surface area contributed by atoms with E-state index in [0.717, 1.165) is 12.8 Å². The van der Waals surface area contributed by atoms with Gasteiger partial charge in [0.05, 0.1) is 0 Å². The van der Waals surface area contributed by atoms with E-state index in [1.807, 2.05) is 6.07 Å². The van der Waals surface area contributed by atoms with E-state index in [-0.39, 0.29) is 11.7 Å². The predicted octanol–water partition coefficient (Wildman–Crippen LogP) is 3.58. The zero-order chi connectivity index (χ0) is 14.4. The Balaban J connectivity index is 1.57. The van der Waals surface area contributed by atoms with Gasteiger partial charge < -0.3 is 9.15 Å². The van der Waals surface area contributed by atoms with Gasteiger partial charge in [-0.2, -0.15) is 0 Å². The van der Waals surface area contributed by atoms with Gasteiger partial charge in [0, 0.05) is 13.0 Å². The summed E-state index contributed by atoms with van der Waals surface area (Å²) in [5, 5.41) is 0. The molecule has 0 saturated heterocycles. The van der Waals surface area contributed by atoms with Gasteiger partial charge in [-0.15, -0.1) is 0 Å². The minimum Gasteiger partial charge on any atom is -0.456 e.